The molecule has 0 heterocycles. The third kappa shape index (κ3) is 3.22. The zero-order chi connectivity index (χ0) is 15.4. The smallest absolute Gasteiger partial charge is 0.282 e. The third-order valence-corrected chi connectivity index (χ3v) is 3.05. The second kappa shape index (κ2) is 6.13. The number of para-hydroxylation sites is 1. The number of nitrogens with zero attached hydrogens (tertiary/aromatic N) is 1. The van der Waals surface area contributed by atoms with Gasteiger partial charge in [0.1, 0.15) is 11.4 Å². The Balaban J connectivity index is 2.37. The summed E-state index contributed by atoms with van der Waals surface area (Å²) in [6.07, 6.45) is 0.696. The van der Waals surface area contributed by atoms with Crippen LogP contribution in [0.25, 0.3) is 0 Å². The molecule has 0 aliphatic rings. The summed E-state index contributed by atoms with van der Waals surface area (Å²) in [5.41, 5.74) is 0.724. The maximum atomic E-state index is 13.3. The first-order valence-electron chi connectivity index (χ1n) is 6.36. The fourth-order valence-electron chi connectivity index (χ4n) is 1.99. The van der Waals surface area contributed by atoms with Crippen molar-refractivity contribution in [3.05, 3.63) is 69.5 Å². The highest BCUT2D eigenvalue weighted by molar-refractivity contribution is 6.07. The van der Waals surface area contributed by atoms with Crippen LogP contribution in [0.4, 0.5) is 15.8 Å². The molecule has 6 heteroatoms. The van der Waals surface area contributed by atoms with Gasteiger partial charge in [-0.3, -0.25) is 14.9 Å². The van der Waals surface area contributed by atoms with Gasteiger partial charge in [0.05, 0.1) is 4.92 Å². The summed E-state index contributed by atoms with van der Waals surface area (Å²) in [4.78, 5) is 22.4. The maximum absolute atomic E-state index is 13.3. The number of hydrogen-bond acceptors (Lipinski definition) is 3. The van der Waals surface area contributed by atoms with Crippen LogP contribution in [0.2, 0.25) is 0 Å². The number of carbonyl (C=O) groups excluding carboxylic acids is 1. The molecule has 108 valence electrons. The van der Waals surface area contributed by atoms with Crippen molar-refractivity contribution in [2.24, 2.45) is 0 Å². The topological polar surface area (TPSA) is 72.2 Å². The average molecular weight is 288 g/mol. The highest BCUT2D eigenvalue weighted by Gasteiger charge is 2.21. The van der Waals surface area contributed by atoms with Crippen molar-refractivity contribution in [3.8, 4) is 0 Å². The van der Waals surface area contributed by atoms with Gasteiger partial charge in [-0.2, -0.15) is 0 Å². The number of benzene rings is 2. The van der Waals surface area contributed by atoms with Crippen LogP contribution in [-0.2, 0) is 6.42 Å². The van der Waals surface area contributed by atoms with E-state index in [2.05, 4.69) is 5.32 Å². The van der Waals surface area contributed by atoms with E-state index < -0.39 is 22.3 Å². The monoisotopic (exact) mass is 288 g/mol. The summed E-state index contributed by atoms with van der Waals surface area (Å²) in [5.74, 6) is -1.41. The van der Waals surface area contributed by atoms with Crippen molar-refractivity contribution in [2.45, 2.75) is 13.3 Å². The lowest BCUT2D eigenvalue weighted by Gasteiger charge is -2.10. The molecule has 5 nitrogen and oxygen atoms in total. The molecule has 0 saturated carbocycles. The Labute approximate surface area is 120 Å². The number of aryl methyl sites for hydroxylation is 1. The first-order chi connectivity index (χ1) is 10.0. The van der Waals surface area contributed by atoms with Gasteiger partial charge in [-0.15, -0.1) is 0 Å². The van der Waals surface area contributed by atoms with E-state index in [4.69, 9.17) is 0 Å². The Morgan fingerprint density at radius 2 is 2.00 bits per heavy atom. The van der Waals surface area contributed by atoms with E-state index in [0.717, 1.165) is 23.8 Å². The summed E-state index contributed by atoms with van der Waals surface area (Å²) >= 11 is 0. The molecule has 21 heavy (non-hydrogen) atoms. The van der Waals surface area contributed by atoms with E-state index in [1.54, 1.807) is 12.1 Å². The Kier molecular flexibility index (Phi) is 4.27. The van der Waals surface area contributed by atoms with Crippen LogP contribution < -0.4 is 5.32 Å². The standard InChI is InChI=1S/C15H13FN2O3/c1-2-10-5-3-4-6-13(10)17-15(19)12-9-11(16)7-8-14(12)18(20)21/h3-9H,2H2,1H3,(H,17,19). The summed E-state index contributed by atoms with van der Waals surface area (Å²) in [6, 6.07) is 9.91. The van der Waals surface area contributed by atoms with E-state index in [-0.39, 0.29) is 5.56 Å². The number of hydrogen-bond donors (Lipinski definition) is 1. The van der Waals surface area contributed by atoms with Gasteiger partial charge in [-0.25, -0.2) is 4.39 Å². The quantitative estimate of drug-likeness (QED) is 0.690. The first kappa shape index (κ1) is 14.6. The molecule has 0 aliphatic carbocycles. The minimum Gasteiger partial charge on any atom is -0.322 e. The number of nitro groups is 1. The van der Waals surface area contributed by atoms with E-state index in [1.807, 2.05) is 19.1 Å². The van der Waals surface area contributed by atoms with Crippen LogP contribution in [0.1, 0.15) is 22.8 Å². The highest BCUT2D eigenvalue weighted by Crippen LogP contribution is 2.22. The molecule has 0 aromatic heterocycles. The molecular weight excluding hydrogens is 275 g/mol. The molecule has 2 rings (SSSR count). The minimum absolute atomic E-state index is 0.300. The van der Waals surface area contributed by atoms with Crippen molar-refractivity contribution in [1.29, 1.82) is 0 Å². The maximum Gasteiger partial charge on any atom is 0.282 e. The molecule has 0 atom stereocenters. The number of carbonyl (C=O) groups is 1. The number of rotatable bonds is 4. The van der Waals surface area contributed by atoms with Gasteiger partial charge in [0, 0.05) is 11.8 Å². The van der Waals surface area contributed by atoms with Gasteiger partial charge in [0.25, 0.3) is 11.6 Å². The largest absolute Gasteiger partial charge is 0.322 e. The second-order valence-electron chi connectivity index (χ2n) is 4.38. The molecule has 2 aromatic rings. The molecular formula is C15H13FN2O3. The van der Waals surface area contributed by atoms with Crippen molar-refractivity contribution >= 4 is 17.3 Å². The normalized spacial score (nSPS) is 10.2. The predicted molar refractivity (Wildman–Crippen MR) is 76.8 cm³/mol. The number of amides is 1. The zero-order valence-electron chi connectivity index (χ0n) is 11.3. The Morgan fingerprint density at radius 3 is 2.67 bits per heavy atom. The Hall–Kier alpha value is -2.76. The molecule has 0 saturated heterocycles. The molecule has 0 bridgehead atoms. The van der Waals surface area contributed by atoms with Crippen molar-refractivity contribution in [1.82, 2.24) is 0 Å². The SMILES string of the molecule is CCc1ccccc1NC(=O)c1cc(F)ccc1[N+](=O)[O-]. The highest BCUT2D eigenvalue weighted by atomic mass is 19.1. The Bertz CT molecular complexity index is 701. The van der Waals surface area contributed by atoms with Gasteiger partial charge in [-0.05, 0) is 30.2 Å². The molecule has 2 aromatic carbocycles. The molecule has 0 aliphatic heterocycles. The fraction of sp³-hybridized carbons (Fsp3) is 0.133. The molecule has 0 unspecified atom stereocenters. The predicted octanol–water partition coefficient (Wildman–Crippen LogP) is 3.55. The lowest BCUT2D eigenvalue weighted by Crippen LogP contribution is -2.15. The van der Waals surface area contributed by atoms with Crippen LogP contribution in [0.15, 0.2) is 42.5 Å². The zero-order valence-corrected chi connectivity index (χ0v) is 11.3. The summed E-state index contributed by atoms with van der Waals surface area (Å²) in [6.45, 7) is 1.93. The van der Waals surface area contributed by atoms with Gasteiger partial charge >= 0.3 is 0 Å². The van der Waals surface area contributed by atoms with E-state index in [0.29, 0.717) is 12.1 Å². The van der Waals surface area contributed by atoms with Crippen LogP contribution in [-0.4, -0.2) is 10.8 Å². The van der Waals surface area contributed by atoms with Crippen LogP contribution in [0.5, 0.6) is 0 Å². The summed E-state index contributed by atoms with van der Waals surface area (Å²) in [7, 11) is 0. The number of nitrogens with one attached hydrogen (secondary N) is 1. The minimum atomic E-state index is -0.708. The lowest BCUT2D eigenvalue weighted by molar-refractivity contribution is -0.385. The van der Waals surface area contributed by atoms with Crippen molar-refractivity contribution < 1.29 is 14.1 Å². The Morgan fingerprint density at radius 1 is 1.29 bits per heavy atom. The van der Waals surface area contributed by atoms with Gasteiger partial charge < -0.3 is 5.32 Å². The van der Waals surface area contributed by atoms with Crippen molar-refractivity contribution in [2.75, 3.05) is 5.32 Å². The van der Waals surface area contributed by atoms with Gasteiger partial charge in [0.15, 0.2) is 0 Å². The number of halogens is 1. The lowest BCUT2D eigenvalue weighted by atomic mass is 10.1. The van der Waals surface area contributed by atoms with Crippen LogP contribution in [0.3, 0.4) is 0 Å². The van der Waals surface area contributed by atoms with E-state index >= 15 is 0 Å². The van der Waals surface area contributed by atoms with Crippen molar-refractivity contribution in [3.63, 3.8) is 0 Å². The van der Waals surface area contributed by atoms with E-state index in [9.17, 15) is 19.3 Å². The molecule has 0 spiro atoms. The first-order valence-corrected chi connectivity index (χ1v) is 6.36. The van der Waals surface area contributed by atoms with Gasteiger partial charge in [0.2, 0.25) is 0 Å². The average Bonchev–Trinajstić information content (AvgIpc) is 2.47. The van der Waals surface area contributed by atoms with Crippen LogP contribution >= 0.6 is 0 Å². The molecule has 1 amide bonds. The number of anilines is 1. The molecule has 0 radical (unpaired) electrons. The van der Waals surface area contributed by atoms with Gasteiger partial charge in [-0.1, -0.05) is 25.1 Å². The fourth-order valence-corrected chi connectivity index (χ4v) is 1.99. The molecule has 1 N–H and O–H groups in total. The summed E-state index contributed by atoms with van der Waals surface area (Å²) < 4.78 is 13.3. The van der Waals surface area contributed by atoms with Crippen LogP contribution in [0, 0.1) is 15.9 Å². The summed E-state index contributed by atoms with van der Waals surface area (Å²) in [5, 5.41) is 13.5. The number of nitro benzene ring substituents is 1. The second-order valence-corrected chi connectivity index (χ2v) is 4.38. The molecule has 0 fully saturated rings. The third-order valence-electron chi connectivity index (χ3n) is 3.05. The van der Waals surface area contributed by atoms with E-state index in [1.165, 1.54) is 0 Å².